The number of nitrogens with zero attached hydrogens (tertiary/aromatic N) is 3. The molecule has 3 rings (SSSR count). The van der Waals surface area contributed by atoms with Crippen molar-refractivity contribution in [3.05, 3.63) is 30.1 Å². The van der Waals surface area contributed by atoms with Gasteiger partial charge in [-0.1, -0.05) is 19.1 Å². The van der Waals surface area contributed by atoms with E-state index < -0.39 is 0 Å². The Hall–Kier alpha value is -1.43. The molecule has 1 aliphatic heterocycles. The molecule has 3 N–H and O–H groups in total. The Balaban J connectivity index is 0.00000192. The molecule has 0 spiro atoms. The standard InChI is InChI=1S/C17H25N5.ClH/c1-2-11-22(13-7-9-19-10-8-13)12-16-20-15-6-4-3-5-14(15)17(18)21-16;/h3-6,13,19H,2,7-12H2,1H3,(H2,18,20,21);1H. The van der Waals surface area contributed by atoms with Crippen LogP contribution >= 0.6 is 12.4 Å². The van der Waals surface area contributed by atoms with Crippen LogP contribution in [0, 0.1) is 0 Å². The molecule has 0 aliphatic carbocycles. The van der Waals surface area contributed by atoms with E-state index in [0.717, 1.165) is 49.3 Å². The number of anilines is 1. The number of nitrogens with one attached hydrogen (secondary N) is 1. The molecule has 0 saturated carbocycles. The second-order valence-electron chi connectivity index (χ2n) is 5.99. The number of fused-ring (bicyclic) bond motifs is 1. The molecule has 2 aromatic rings. The van der Waals surface area contributed by atoms with E-state index in [9.17, 15) is 0 Å². The molecule has 1 aromatic carbocycles. The van der Waals surface area contributed by atoms with Gasteiger partial charge in [0, 0.05) is 11.4 Å². The minimum Gasteiger partial charge on any atom is -0.383 e. The van der Waals surface area contributed by atoms with Crippen LogP contribution in [0.15, 0.2) is 24.3 Å². The van der Waals surface area contributed by atoms with Crippen LogP contribution in [0.2, 0.25) is 0 Å². The number of rotatable bonds is 5. The van der Waals surface area contributed by atoms with Crippen molar-refractivity contribution in [2.45, 2.75) is 38.8 Å². The summed E-state index contributed by atoms with van der Waals surface area (Å²) in [7, 11) is 0. The zero-order valence-corrected chi connectivity index (χ0v) is 14.5. The third-order valence-electron chi connectivity index (χ3n) is 4.36. The van der Waals surface area contributed by atoms with Crippen LogP contribution in [-0.4, -0.2) is 40.5 Å². The lowest BCUT2D eigenvalue weighted by atomic mass is 10.0. The highest BCUT2D eigenvalue weighted by molar-refractivity contribution is 5.87. The molecule has 1 fully saturated rings. The van der Waals surface area contributed by atoms with Crippen molar-refractivity contribution in [2.24, 2.45) is 0 Å². The lowest BCUT2D eigenvalue weighted by Crippen LogP contribution is -2.43. The van der Waals surface area contributed by atoms with E-state index in [1.165, 1.54) is 12.8 Å². The Morgan fingerprint density at radius 3 is 2.70 bits per heavy atom. The van der Waals surface area contributed by atoms with Crippen LogP contribution in [0.1, 0.15) is 32.0 Å². The summed E-state index contributed by atoms with van der Waals surface area (Å²) in [5, 5.41) is 4.37. The molecule has 2 heterocycles. The highest BCUT2D eigenvalue weighted by Gasteiger charge is 2.21. The van der Waals surface area contributed by atoms with E-state index in [1.807, 2.05) is 24.3 Å². The van der Waals surface area contributed by atoms with Gasteiger partial charge in [-0.25, -0.2) is 9.97 Å². The summed E-state index contributed by atoms with van der Waals surface area (Å²) in [6.45, 7) is 6.30. The number of piperidine rings is 1. The second-order valence-corrected chi connectivity index (χ2v) is 5.99. The van der Waals surface area contributed by atoms with Crippen molar-refractivity contribution in [1.29, 1.82) is 0 Å². The fraction of sp³-hybridized carbons (Fsp3) is 0.529. The van der Waals surface area contributed by atoms with E-state index in [4.69, 9.17) is 10.7 Å². The number of benzene rings is 1. The average Bonchev–Trinajstić information content (AvgIpc) is 2.55. The first-order chi connectivity index (χ1) is 10.8. The summed E-state index contributed by atoms with van der Waals surface area (Å²) in [5.41, 5.74) is 7.04. The maximum absolute atomic E-state index is 6.11. The van der Waals surface area contributed by atoms with Gasteiger partial charge in [-0.3, -0.25) is 4.90 Å². The first-order valence-corrected chi connectivity index (χ1v) is 8.24. The topological polar surface area (TPSA) is 67.1 Å². The Bertz CT molecular complexity index is 627. The lowest BCUT2D eigenvalue weighted by Gasteiger charge is -2.34. The summed E-state index contributed by atoms with van der Waals surface area (Å²) in [4.78, 5) is 11.8. The smallest absolute Gasteiger partial charge is 0.145 e. The maximum atomic E-state index is 6.11. The summed E-state index contributed by atoms with van der Waals surface area (Å²) in [6.07, 6.45) is 3.54. The molecule has 1 aromatic heterocycles. The van der Waals surface area contributed by atoms with Crippen molar-refractivity contribution < 1.29 is 0 Å². The number of hydrogen-bond acceptors (Lipinski definition) is 5. The predicted molar refractivity (Wildman–Crippen MR) is 97.8 cm³/mol. The predicted octanol–water partition coefficient (Wildman–Crippen LogP) is 2.60. The van der Waals surface area contributed by atoms with Crippen molar-refractivity contribution >= 4 is 29.1 Å². The summed E-state index contributed by atoms with van der Waals surface area (Å²) in [5.74, 6) is 1.42. The molecule has 0 bridgehead atoms. The second kappa shape index (κ2) is 8.43. The zero-order chi connectivity index (χ0) is 15.4. The maximum Gasteiger partial charge on any atom is 0.145 e. The Morgan fingerprint density at radius 2 is 1.96 bits per heavy atom. The van der Waals surface area contributed by atoms with Gasteiger partial charge >= 0.3 is 0 Å². The van der Waals surface area contributed by atoms with Gasteiger partial charge in [0.05, 0.1) is 12.1 Å². The number of nitrogen functional groups attached to an aromatic ring is 1. The van der Waals surface area contributed by atoms with Crippen LogP contribution in [0.25, 0.3) is 10.9 Å². The molecule has 126 valence electrons. The number of para-hydroxylation sites is 1. The number of nitrogens with two attached hydrogens (primary N) is 1. The SMILES string of the molecule is CCCN(Cc1nc(N)c2ccccc2n1)C1CCNCC1.Cl. The average molecular weight is 336 g/mol. The van der Waals surface area contributed by atoms with Crippen LogP contribution in [-0.2, 0) is 6.54 Å². The van der Waals surface area contributed by atoms with E-state index in [-0.39, 0.29) is 12.4 Å². The number of halogens is 1. The Kier molecular flexibility index (Phi) is 6.57. The minimum absolute atomic E-state index is 0. The highest BCUT2D eigenvalue weighted by Crippen LogP contribution is 2.20. The van der Waals surface area contributed by atoms with Crippen LogP contribution < -0.4 is 11.1 Å². The summed E-state index contributed by atoms with van der Waals surface area (Å²) < 4.78 is 0. The Morgan fingerprint density at radius 1 is 1.22 bits per heavy atom. The third-order valence-corrected chi connectivity index (χ3v) is 4.36. The summed E-state index contributed by atoms with van der Waals surface area (Å²) in [6, 6.07) is 8.57. The van der Waals surface area contributed by atoms with E-state index in [0.29, 0.717) is 11.9 Å². The van der Waals surface area contributed by atoms with Crippen LogP contribution in [0.5, 0.6) is 0 Å². The molecule has 0 unspecified atom stereocenters. The van der Waals surface area contributed by atoms with Crippen molar-refractivity contribution in [3.63, 3.8) is 0 Å². The molecule has 0 amide bonds. The molecule has 6 heteroatoms. The monoisotopic (exact) mass is 335 g/mol. The lowest BCUT2D eigenvalue weighted by molar-refractivity contribution is 0.151. The normalized spacial score (nSPS) is 15.7. The molecule has 0 atom stereocenters. The quantitative estimate of drug-likeness (QED) is 0.879. The van der Waals surface area contributed by atoms with Crippen molar-refractivity contribution in [1.82, 2.24) is 20.2 Å². The van der Waals surface area contributed by atoms with Gasteiger partial charge in [-0.05, 0) is 51.0 Å². The van der Waals surface area contributed by atoms with E-state index >= 15 is 0 Å². The highest BCUT2D eigenvalue weighted by atomic mass is 35.5. The summed E-state index contributed by atoms with van der Waals surface area (Å²) >= 11 is 0. The first kappa shape index (κ1) is 17.9. The van der Waals surface area contributed by atoms with Crippen LogP contribution in [0.3, 0.4) is 0 Å². The van der Waals surface area contributed by atoms with Crippen molar-refractivity contribution in [3.8, 4) is 0 Å². The fourth-order valence-corrected chi connectivity index (χ4v) is 3.25. The van der Waals surface area contributed by atoms with Gasteiger partial charge in [0.15, 0.2) is 0 Å². The fourth-order valence-electron chi connectivity index (χ4n) is 3.25. The number of aromatic nitrogens is 2. The first-order valence-electron chi connectivity index (χ1n) is 8.24. The van der Waals surface area contributed by atoms with Gasteiger partial charge in [0.25, 0.3) is 0 Å². The van der Waals surface area contributed by atoms with Crippen molar-refractivity contribution in [2.75, 3.05) is 25.4 Å². The molecular weight excluding hydrogens is 310 g/mol. The molecular formula is C17H26ClN5. The Labute approximate surface area is 144 Å². The van der Waals surface area contributed by atoms with Crippen LogP contribution in [0.4, 0.5) is 5.82 Å². The third kappa shape index (κ3) is 4.31. The zero-order valence-electron chi connectivity index (χ0n) is 13.7. The molecule has 0 radical (unpaired) electrons. The van der Waals surface area contributed by atoms with E-state index in [2.05, 4.69) is 22.1 Å². The minimum atomic E-state index is 0. The number of hydrogen-bond donors (Lipinski definition) is 2. The van der Waals surface area contributed by atoms with Gasteiger partial charge in [0.2, 0.25) is 0 Å². The molecule has 5 nitrogen and oxygen atoms in total. The van der Waals surface area contributed by atoms with Gasteiger partial charge in [-0.2, -0.15) is 0 Å². The molecule has 1 aliphatic rings. The van der Waals surface area contributed by atoms with Gasteiger partial charge < -0.3 is 11.1 Å². The molecule has 23 heavy (non-hydrogen) atoms. The largest absolute Gasteiger partial charge is 0.383 e. The van der Waals surface area contributed by atoms with Gasteiger partial charge in [0.1, 0.15) is 11.6 Å². The van der Waals surface area contributed by atoms with Gasteiger partial charge in [-0.15, -0.1) is 12.4 Å². The van der Waals surface area contributed by atoms with E-state index in [1.54, 1.807) is 0 Å². The molecule has 1 saturated heterocycles.